The molecule has 0 spiro atoms. The van der Waals surface area contributed by atoms with Crippen LogP contribution in [0.3, 0.4) is 0 Å². The minimum Gasteiger partial charge on any atom is -0.487 e. The fourth-order valence-electron chi connectivity index (χ4n) is 1.75. The lowest BCUT2D eigenvalue weighted by Crippen LogP contribution is -2.08. The van der Waals surface area contributed by atoms with Gasteiger partial charge in [-0.1, -0.05) is 18.2 Å². The number of hydrogen-bond acceptors (Lipinski definition) is 4. The van der Waals surface area contributed by atoms with E-state index in [4.69, 9.17) is 18.9 Å². The van der Waals surface area contributed by atoms with Crippen LogP contribution in [-0.2, 0) is 9.47 Å². The number of epoxide rings is 2. The zero-order chi connectivity index (χ0) is 13.1. The molecule has 2 fully saturated rings. The number of allylic oxidation sites excluding steroid dienone is 1. The first-order chi connectivity index (χ1) is 9.35. The molecule has 102 valence electrons. The van der Waals surface area contributed by atoms with Crippen molar-refractivity contribution in [3.05, 3.63) is 29.8 Å². The predicted octanol–water partition coefficient (Wildman–Crippen LogP) is 2.27. The summed E-state index contributed by atoms with van der Waals surface area (Å²) in [5, 5.41) is 0. The number of ether oxygens (including phenoxy) is 4. The molecule has 0 radical (unpaired) electrons. The van der Waals surface area contributed by atoms with Crippen LogP contribution in [-0.4, -0.2) is 38.6 Å². The Balaban J connectivity index is 1.69. The van der Waals surface area contributed by atoms with Crippen molar-refractivity contribution in [2.75, 3.05) is 26.4 Å². The maximum Gasteiger partial charge on any atom is 0.161 e. The minimum absolute atomic E-state index is 0.241. The molecule has 2 unspecified atom stereocenters. The Bertz CT molecular complexity index is 461. The summed E-state index contributed by atoms with van der Waals surface area (Å²) in [5.74, 6) is 1.54. The van der Waals surface area contributed by atoms with Gasteiger partial charge < -0.3 is 18.9 Å². The lowest BCUT2D eigenvalue weighted by Gasteiger charge is -2.12. The normalized spacial score (nSPS) is 24.5. The number of hydrogen-bond donors (Lipinski definition) is 0. The van der Waals surface area contributed by atoms with Crippen LogP contribution in [0.4, 0.5) is 0 Å². The molecular formula is C15H18O4. The van der Waals surface area contributed by atoms with Crippen LogP contribution in [0.5, 0.6) is 11.5 Å². The van der Waals surface area contributed by atoms with Gasteiger partial charge in [-0.25, -0.2) is 0 Å². The molecule has 2 heterocycles. The van der Waals surface area contributed by atoms with Crippen LogP contribution in [0.2, 0.25) is 0 Å². The Kier molecular flexibility index (Phi) is 3.71. The smallest absolute Gasteiger partial charge is 0.161 e. The molecule has 19 heavy (non-hydrogen) atoms. The third kappa shape index (κ3) is 3.72. The summed E-state index contributed by atoms with van der Waals surface area (Å²) in [5.41, 5.74) is 1.10. The molecule has 4 nitrogen and oxygen atoms in total. The Labute approximate surface area is 112 Å². The van der Waals surface area contributed by atoms with Gasteiger partial charge in [0.1, 0.15) is 25.4 Å². The SMILES string of the molecule is CC=Cc1ccc(OCC2CO2)c(OCC2CO2)c1. The average Bonchev–Trinajstić information content (AvgIpc) is 3.28. The molecule has 3 rings (SSSR count). The first-order valence-corrected chi connectivity index (χ1v) is 6.60. The predicted molar refractivity (Wildman–Crippen MR) is 71.6 cm³/mol. The molecule has 2 saturated heterocycles. The van der Waals surface area contributed by atoms with E-state index in [0.717, 1.165) is 30.3 Å². The summed E-state index contributed by atoms with van der Waals surface area (Å²) in [6, 6.07) is 5.95. The van der Waals surface area contributed by atoms with Crippen LogP contribution in [0.1, 0.15) is 12.5 Å². The molecule has 2 aliphatic heterocycles. The molecule has 0 amide bonds. The van der Waals surface area contributed by atoms with Crippen molar-refractivity contribution in [1.82, 2.24) is 0 Å². The highest BCUT2D eigenvalue weighted by Crippen LogP contribution is 2.30. The molecule has 0 saturated carbocycles. The quantitative estimate of drug-likeness (QED) is 0.707. The number of rotatable bonds is 7. The van der Waals surface area contributed by atoms with Crippen LogP contribution in [0, 0.1) is 0 Å². The van der Waals surface area contributed by atoms with Crippen LogP contribution in [0.25, 0.3) is 6.08 Å². The maximum absolute atomic E-state index is 5.78. The molecule has 4 heteroatoms. The van der Waals surface area contributed by atoms with Crippen molar-refractivity contribution in [2.45, 2.75) is 19.1 Å². The van der Waals surface area contributed by atoms with E-state index < -0.39 is 0 Å². The monoisotopic (exact) mass is 262 g/mol. The summed E-state index contributed by atoms with van der Waals surface area (Å²) < 4.78 is 21.8. The van der Waals surface area contributed by atoms with E-state index in [9.17, 15) is 0 Å². The Morgan fingerprint density at radius 2 is 1.74 bits per heavy atom. The van der Waals surface area contributed by atoms with Gasteiger partial charge in [-0.3, -0.25) is 0 Å². The molecule has 1 aromatic rings. The third-order valence-corrected chi connectivity index (χ3v) is 2.98. The van der Waals surface area contributed by atoms with Gasteiger partial charge in [0.2, 0.25) is 0 Å². The van der Waals surface area contributed by atoms with Crippen molar-refractivity contribution in [3.63, 3.8) is 0 Å². The second-order valence-electron chi connectivity index (χ2n) is 4.74. The van der Waals surface area contributed by atoms with Gasteiger partial charge in [-0.15, -0.1) is 0 Å². The molecule has 2 aliphatic rings. The van der Waals surface area contributed by atoms with Crippen LogP contribution >= 0.6 is 0 Å². The van der Waals surface area contributed by atoms with Gasteiger partial charge in [-0.2, -0.15) is 0 Å². The Morgan fingerprint density at radius 3 is 2.32 bits per heavy atom. The first kappa shape index (κ1) is 12.5. The van der Waals surface area contributed by atoms with Crippen molar-refractivity contribution in [3.8, 4) is 11.5 Å². The summed E-state index contributed by atoms with van der Waals surface area (Å²) in [6.45, 7) is 4.74. The lowest BCUT2D eigenvalue weighted by molar-refractivity contribution is 0.228. The van der Waals surface area contributed by atoms with Crippen molar-refractivity contribution < 1.29 is 18.9 Å². The summed E-state index contributed by atoms with van der Waals surface area (Å²) in [4.78, 5) is 0. The van der Waals surface area contributed by atoms with E-state index in [1.165, 1.54) is 0 Å². The summed E-state index contributed by atoms with van der Waals surface area (Å²) in [6.07, 6.45) is 4.52. The van der Waals surface area contributed by atoms with Gasteiger partial charge >= 0.3 is 0 Å². The van der Waals surface area contributed by atoms with Crippen LogP contribution < -0.4 is 9.47 Å². The summed E-state index contributed by atoms with van der Waals surface area (Å²) >= 11 is 0. The lowest BCUT2D eigenvalue weighted by atomic mass is 10.2. The Hall–Kier alpha value is -1.52. The standard InChI is InChI=1S/C15H18O4/c1-2-3-11-4-5-14(18-9-12-7-16-12)15(6-11)19-10-13-8-17-13/h2-6,12-13H,7-10H2,1H3. The zero-order valence-electron chi connectivity index (χ0n) is 11.0. The topological polar surface area (TPSA) is 43.5 Å². The van der Waals surface area contributed by atoms with Crippen molar-refractivity contribution in [1.29, 1.82) is 0 Å². The van der Waals surface area contributed by atoms with Gasteiger partial charge in [0.15, 0.2) is 11.5 Å². The minimum atomic E-state index is 0.241. The second kappa shape index (κ2) is 5.63. The van der Waals surface area contributed by atoms with Crippen LogP contribution in [0.15, 0.2) is 24.3 Å². The molecule has 0 N–H and O–H groups in total. The summed E-state index contributed by atoms with van der Waals surface area (Å²) in [7, 11) is 0. The molecular weight excluding hydrogens is 244 g/mol. The highest BCUT2D eigenvalue weighted by molar-refractivity contribution is 5.55. The maximum atomic E-state index is 5.78. The third-order valence-electron chi connectivity index (χ3n) is 2.98. The fraction of sp³-hybridized carbons (Fsp3) is 0.467. The molecule has 0 bridgehead atoms. The molecule has 0 aliphatic carbocycles. The van der Waals surface area contributed by atoms with Gasteiger partial charge in [-0.05, 0) is 24.6 Å². The van der Waals surface area contributed by atoms with E-state index >= 15 is 0 Å². The highest BCUT2D eigenvalue weighted by Gasteiger charge is 2.25. The highest BCUT2D eigenvalue weighted by atomic mass is 16.6. The Morgan fingerprint density at radius 1 is 1.11 bits per heavy atom. The van der Waals surface area contributed by atoms with E-state index in [0.29, 0.717) is 13.2 Å². The van der Waals surface area contributed by atoms with Crippen molar-refractivity contribution >= 4 is 6.08 Å². The molecule has 0 aromatic heterocycles. The number of benzene rings is 1. The van der Waals surface area contributed by atoms with E-state index in [1.807, 2.05) is 37.3 Å². The van der Waals surface area contributed by atoms with Gasteiger partial charge in [0.25, 0.3) is 0 Å². The second-order valence-corrected chi connectivity index (χ2v) is 4.74. The molecule has 1 aromatic carbocycles. The largest absolute Gasteiger partial charge is 0.487 e. The first-order valence-electron chi connectivity index (χ1n) is 6.60. The van der Waals surface area contributed by atoms with Gasteiger partial charge in [0, 0.05) is 0 Å². The van der Waals surface area contributed by atoms with Gasteiger partial charge in [0.05, 0.1) is 13.2 Å². The fourth-order valence-corrected chi connectivity index (χ4v) is 1.75. The zero-order valence-corrected chi connectivity index (χ0v) is 11.0. The van der Waals surface area contributed by atoms with E-state index in [1.54, 1.807) is 0 Å². The van der Waals surface area contributed by atoms with Crippen molar-refractivity contribution in [2.24, 2.45) is 0 Å². The average molecular weight is 262 g/mol. The van der Waals surface area contributed by atoms with E-state index in [-0.39, 0.29) is 12.2 Å². The van der Waals surface area contributed by atoms with E-state index in [2.05, 4.69) is 0 Å². The molecule has 2 atom stereocenters.